The van der Waals surface area contributed by atoms with Crippen LogP contribution in [-0.2, 0) is 50.6 Å². The molecular formula is C42H34N14O17S5. The zero-order valence-corrected chi connectivity index (χ0v) is 43.0. The predicted molar refractivity (Wildman–Crippen MR) is 273 cm³/mol. The average Bonchev–Trinajstić information content (AvgIpc) is 3.38. The molecular weight excluding hydrogens is 1130 g/mol. The molecule has 1 aromatic heterocycles. The summed E-state index contributed by atoms with van der Waals surface area (Å²) >= 11 is 0. The molecule has 0 bridgehead atoms. The second-order valence-electron chi connectivity index (χ2n) is 15.5. The topological polar surface area (TPSA) is 483 Å². The molecule has 31 nitrogen and oxygen atoms in total. The Kier molecular flexibility index (Phi) is 16.6. The summed E-state index contributed by atoms with van der Waals surface area (Å²) in [4.78, 5) is 22.6. The number of aryl methyl sites for hydroxylation is 1. The number of hydrogen-bond acceptors (Lipinski definition) is 25. The third-order valence-electron chi connectivity index (χ3n) is 9.79. The fraction of sp³-hybridized carbons (Fsp3) is 0.0476. The van der Waals surface area contributed by atoms with Gasteiger partial charge in [-0.25, -0.2) is 4.79 Å². The lowest BCUT2D eigenvalue weighted by atomic mass is 10.1. The van der Waals surface area contributed by atoms with Gasteiger partial charge in [0.25, 0.3) is 50.6 Å². The molecule has 0 atom stereocenters. The van der Waals surface area contributed by atoms with Gasteiger partial charge in [0.2, 0.25) is 17.8 Å². The summed E-state index contributed by atoms with van der Waals surface area (Å²) in [6.45, 7) is 1.60. The summed E-state index contributed by atoms with van der Waals surface area (Å²) in [5, 5.41) is 49.3. The minimum Gasteiger partial charge on any atom is -0.478 e. The fourth-order valence-corrected chi connectivity index (χ4v) is 8.78. The Morgan fingerprint density at radius 1 is 0.436 bits per heavy atom. The van der Waals surface area contributed by atoms with E-state index in [-0.39, 0.29) is 63.1 Å². The van der Waals surface area contributed by atoms with Crippen molar-refractivity contribution in [1.29, 1.82) is 0 Å². The third-order valence-corrected chi connectivity index (χ3v) is 13.8. The van der Waals surface area contributed by atoms with Crippen molar-refractivity contribution in [2.45, 2.75) is 26.5 Å². The smallest absolute Gasteiger partial charge is 0.338 e. The molecule has 0 aliphatic rings. The van der Waals surface area contributed by atoms with Crippen LogP contribution >= 0.6 is 0 Å². The van der Waals surface area contributed by atoms with Gasteiger partial charge in [-0.3, -0.25) is 22.8 Å². The maximum atomic E-state index is 12.4. The highest BCUT2D eigenvalue weighted by Gasteiger charge is 2.20. The number of azo groups is 4. The van der Waals surface area contributed by atoms with Gasteiger partial charge in [-0.15, -0.1) is 15.3 Å². The maximum absolute atomic E-state index is 12.4. The van der Waals surface area contributed by atoms with Crippen molar-refractivity contribution < 1.29 is 74.8 Å². The van der Waals surface area contributed by atoms with Crippen molar-refractivity contribution in [2.24, 2.45) is 40.9 Å². The van der Waals surface area contributed by atoms with Crippen LogP contribution in [0.25, 0.3) is 0 Å². The number of carboxylic acid groups (broad SMARTS) is 1. The molecule has 0 amide bonds. The van der Waals surface area contributed by atoms with E-state index < -0.39 is 99.2 Å². The molecule has 78 heavy (non-hydrogen) atoms. The first-order valence-corrected chi connectivity index (χ1v) is 28.4. The Balaban J connectivity index is 1.09. The molecule has 0 spiro atoms. The molecule has 0 fully saturated rings. The largest absolute Gasteiger partial charge is 0.478 e. The van der Waals surface area contributed by atoms with Gasteiger partial charge in [-0.1, -0.05) is 0 Å². The average molecular weight is 1170 g/mol. The number of carboxylic acids is 1. The lowest BCUT2D eigenvalue weighted by Crippen LogP contribution is -2.16. The van der Waals surface area contributed by atoms with Crippen LogP contribution in [-0.4, -0.2) is 96.8 Å². The number of anilines is 5. The second kappa shape index (κ2) is 22.8. The van der Waals surface area contributed by atoms with E-state index in [9.17, 15) is 65.6 Å². The van der Waals surface area contributed by atoms with E-state index in [4.69, 9.17) is 9.11 Å². The molecule has 0 saturated carbocycles. The lowest BCUT2D eigenvalue weighted by molar-refractivity contribution is 0.0697. The normalized spacial score (nSPS) is 12.7. The van der Waals surface area contributed by atoms with E-state index in [1.165, 1.54) is 66.7 Å². The van der Waals surface area contributed by atoms with Crippen molar-refractivity contribution in [3.05, 3.63) is 132 Å². The van der Waals surface area contributed by atoms with Crippen molar-refractivity contribution >= 4 is 131 Å². The molecule has 7 aromatic rings. The number of rotatable bonds is 20. The fourth-order valence-electron chi connectivity index (χ4n) is 6.22. The van der Waals surface area contributed by atoms with Crippen molar-refractivity contribution in [2.75, 3.05) is 21.8 Å². The highest BCUT2D eigenvalue weighted by atomic mass is 32.2. The Labute approximate surface area is 440 Å². The highest BCUT2D eigenvalue weighted by molar-refractivity contribution is 7.87. The minimum absolute atomic E-state index is 0.00159. The molecule has 404 valence electrons. The first-order chi connectivity index (χ1) is 36.5. The van der Waals surface area contributed by atoms with Crippen LogP contribution in [0.4, 0.5) is 74.7 Å². The molecule has 0 aliphatic carbocycles. The summed E-state index contributed by atoms with van der Waals surface area (Å²) in [6.07, 6.45) is 0. The highest BCUT2D eigenvalue weighted by Crippen LogP contribution is 2.35. The molecule has 7 rings (SSSR count). The first-order valence-electron chi connectivity index (χ1n) is 21.0. The van der Waals surface area contributed by atoms with E-state index >= 15 is 0 Å². The minimum atomic E-state index is -5.01. The number of aromatic carboxylic acids is 1. The Morgan fingerprint density at radius 2 is 0.808 bits per heavy atom. The number of aromatic nitrogens is 3. The number of nitrogens with zero attached hydrogens (tertiary/aromatic N) is 11. The predicted octanol–water partition coefficient (Wildman–Crippen LogP) is 9.27. The third kappa shape index (κ3) is 15.6. The van der Waals surface area contributed by atoms with Crippen LogP contribution in [0.3, 0.4) is 0 Å². The van der Waals surface area contributed by atoms with Crippen molar-refractivity contribution in [1.82, 2.24) is 15.0 Å². The van der Waals surface area contributed by atoms with Crippen LogP contribution in [0.5, 0.6) is 0 Å². The molecule has 6 aromatic carbocycles. The molecule has 0 unspecified atom stereocenters. The molecule has 0 saturated heterocycles. The zero-order chi connectivity index (χ0) is 56.8. The molecule has 0 aliphatic heterocycles. The van der Waals surface area contributed by atoms with Gasteiger partial charge in [0.15, 0.2) is 0 Å². The molecule has 9 N–H and O–H groups in total. The van der Waals surface area contributed by atoms with Gasteiger partial charge in [0, 0.05) is 11.4 Å². The van der Waals surface area contributed by atoms with Crippen LogP contribution < -0.4 is 16.0 Å². The second-order valence-corrected chi connectivity index (χ2v) is 22.6. The summed E-state index contributed by atoms with van der Waals surface area (Å²) in [5.41, 5.74) is -0.596. The van der Waals surface area contributed by atoms with E-state index in [0.29, 0.717) is 5.56 Å². The number of benzene rings is 6. The van der Waals surface area contributed by atoms with Gasteiger partial charge in [0.1, 0.15) is 32.7 Å². The van der Waals surface area contributed by atoms with E-state index in [1.54, 1.807) is 6.92 Å². The molecule has 1 heterocycles. The van der Waals surface area contributed by atoms with Crippen LogP contribution in [0.1, 0.15) is 15.9 Å². The van der Waals surface area contributed by atoms with Crippen molar-refractivity contribution in [3.8, 4) is 0 Å². The maximum Gasteiger partial charge on any atom is 0.338 e. The Hall–Kier alpha value is -8.85. The number of carbonyl (C=O) groups is 1. The van der Waals surface area contributed by atoms with E-state index in [2.05, 4.69) is 71.8 Å². The standard InChI is InChI=1S/C42H34N14O17S5/c1-23-18-26(6-14-33(23)53-55-35-16-8-28(20-37(35)77(68,69)70)51-49-24-2-10-30(11-3-24)75(62,63)64)44-41-46-40(43-22-74(59,60)61)47-42(48-41)45-27-7-15-34(32(19-27)39(57)58)54-56-36-17-9-29(21-38(36)78(71,72)73)52-50-25-4-12-31(13-5-25)76(65,66)67/h2-21H,22H2,1H3,(H,57,58)(H,59,60,61)(H,62,63,64)(H,65,66,67)(H,68,69,70)(H,71,72,73)(H3,43,44,45,46,47,48). The SMILES string of the molecule is Cc1cc(Nc2nc(NCS(=O)(=O)O)nc(Nc3ccc(N=Nc4ccc(N=Nc5ccc(S(=O)(=O)O)cc5)cc4S(=O)(=O)O)c(C(=O)O)c3)n2)ccc1N=Nc1ccc(N=Nc2ccc(S(=O)(=O)O)cc2)cc1S(=O)(=O)O. The quantitative estimate of drug-likeness (QED) is 0.0253. The van der Waals surface area contributed by atoms with Crippen molar-refractivity contribution in [3.63, 3.8) is 0 Å². The van der Waals surface area contributed by atoms with Gasteiger partial charge in [0.05, 0.1) is 43.8 Å². The summed E-state index contributed by atoms with van der Waals surface area (Å²) in [7, 11) is -23.5. The number of nitrogens with one attached hydrogen (secondary N) is 3. The summed E-state index contributed by atoms with van der Waals surface area (Å²) in [5.74, 6) is -3.57. The molecule has 36 heteroatoms. The van der Waals surface area contributed by atoms with Crippen LogP contribution in [0.15, 0.2) is 182 Å². The monoisotopic (exact) mass is 1170 g/mol. The lowest BCUT2D eigenvalue weighted by Gasteiger charge is -2.12. The van der Waals surface area contributed by atoms with Crippen LogP contribution in [0, 0.1) is 6.92 Å². The van der Waals surface area contributed by atoms with Gasteiger partial charge in [-0.2, -0.15) is 82.6 Å². The molecule has 0 radical (unpaired) electrons. The Morgan fingerprint density at radius 3 is 1.22 bits per heavy atom. The van der Waals surface area contributed by atoms with E-state index in [0.717, 1.165) is 54.6 Å². The number of hydrogen-bond donors (Lipinski definition) is 9. The van der Waals surface area contributed by atoms with Gasteiger partial charge in [-0.05, 0) is 134 Å². The van der Waals surface area contributed by atoms with Gasteiger partial charge >= 0.3 is 5.97 Å². The first kappa shape index (κ1) is 56.9. The van der Waals surface area contributed by atoms with Crippen LogP contribution in [0.2, 0.25) is 0 Å². The zero-order valence-electron chi connectivity index (χ0n) is 38.9. The Bertz CT molecular complexity index is 4230. The van der Waals surface area contributed by atoms with E-state index in [1.807, 2.05) is 0 Å². The van der Waals surface area contributed by atoms with Gasteiger partial charge < -0.3 is 21.1 Å². The summed E-state index contributed by atoms with van der Waals surface area (Å²) < 4.78 is 165. The summed E-state index contributed by atoms with van der Waals surface area (Å²) in [6, 6.07) is 23.7.